The molecule has 0 saturated heterocycles. The number of hydrogen-bond donors (Lipinski definition) is 2. The zero-order chi connectivity index (χ0) is 21.8. The number of ether oxygens (including phenoxy) is 2. The minimum Gasteiger partial charge on any atom is -0.487 e. The van der Waals surface area contributed by atoms with Gasteiger partial charge in [-0.05, 0) is 12.1 Å². The summed E-state index contributed by atoms with van der Waals surface area (Å²) < 4.78 is 97.5. The first-order chi connectivity index (χ1) is 13.5. The molecule has 0 aromatic carbocycles. The Morgan fingerprint density at radius 1 is 0.828 bits per heavy atom. The molecule has 1 aliphatic rings. The molecule has 0 aliphatic heterocycles. The lowest BCUT2D eigenvalue weighted by Crippen LogP contribution is -2.48. The van der Waals surface area contributed by atoms with Gasteiger partial charge >= 0.3 is 17.8 Å². The van der Waals surface area contributed by atoms with Crippen LogP contribution in [0, 0.1) is 0 Å². The number of rotatable bonds is 6. The van der Waals surface area contributed by atoms with E-state index >= 15 is 0 Å². The van der Waals surface area contributed by atoms with Gasteiger partial charge in [-0.3, -0.25) is 0 Å². The summed E-state index contributed by atoms with van der Waals surface area (Å²) in [5, 5.41) is 18.4. The van der Waals surface area contributed by atoms with E-state index in [4.69, 9.17) is 9.47 Å². The van der Waals surface area contributed by atoms with Gasteiger partial charge in [-0.1, -0.05) is 0 Å². The topological polar surface area (TPSA) is 58.9 Å². The Hall–Kier alpha value is -1.76. The van der Waals surface area contributed by atoms with Crippen LogP contribution in [0.5, 0.6) is 10.1 Å². The summed E-state index contributed by atoms with van der Waals surface area (Å²) in [6.07, 6.45) is 0. The van der Waals surface area contributed by atoms with E-state index in [0.29, 0.717) is 22.7 Å². The third-order valence-corrected chi connectivity index (χ3v) is 6.59. The molecule has 12 heteroatoms. The average molecular weight is 460 g/mol. The molecule has 0 saturated carbocycles. The highest BCUT2D eigenvalue weighted by molar-refractivity contribution is 7.14. The predicted octanol–water partition coefficient (Wildman–Crippen LogP) is 4.64. The lowest BCUT2D eigenvalue weighted by atomic mass is 9.96. The highest BCUT2D eigenvalue weighted by Gasteiger charge is 2.80. The van der Waals surface area contributed by atoms with Crippen LogP contribution >= 0.6 is 22.7 Å². The molecule has 0 unspecified atom stereocenters. The normalized spacial score (nSPS) is 19.7. The zero-order valence-corrected chi connectivity index (χ0v) is 16.5. The number of methoxy groups -OCH3 is 2. The van der Waals surface area contributed by atoms with Gasteiger partial charge in [-0.15, -0.1) is 22.7 Å². The number of aliphatic hydroxyl groups is 2. The molecule has 2 N–H and O–H groups in total. The van der Waals surface area contributed by atoms with Crippen LogP contribution in [-0.2, 0) is 13.2 Å². The second-order valence-electron chi connectivity index (χ2n) is 6.01. The highest BCUT2D eigenvalue weighted by Crippen LogP contribution is 2.66. The van der Waals surface area contributed by atoms with Gasteiger partial charge in [0.1, 0.15) is 0 Å². The molecule has 0 bridgehead atoms. The Bertz CT molecular complexity index is 889. The summed E-state index contributed by atoms with van der Waals surface area (Å²) in [6, 6.07) is 1.81. The van der Waals surface area contributed by atoms with Gasteiger partial charge in [0.05, 0.1) is 27.4 Å². The summed E-state index contributed by atoms with van der Waals surface area (Å²) >= 11 is 1.33. The maximum absolute atomic E-state index is 14.8. The molecule has 2 aromatic heterocycles. The van der Waals surface area contributed by atoms with Crippen LogP contribution in [-0.4, -0.2) is 42.2 Å². The van der Waals surface area contributed by atoms with Gasteiger partial charge in [-0.2, -0.15) is 26.3 Å². The minimum atomic E-state index is -5.74. The average Bonchev–Trinajstić information content (AvgIpc) is 3.30. The lowest BCUT2D eigenvalue weighted by molar-refractivity contribution is -0.254. The Balaban J connectivity index is 2.45. The first kappa shape index (κ1) is 21.9. The number of halogens is 6. The lowest BCUT2D eigenvalue weighted by Gasteiger charge is -2.25. The van der Waals surface area contributed by atoms with Crippen LogP contribution in [0.2, 0.25) is 0 Å². The molecule has 160 valence electrons. The quantitative estimate of drug-likeness (QED) is 0.617. The summed E-state index contributed by atoms with van der Waals surface area (Å²) in [5.41, 5.74) is -4.57. The van der Waals surface area contributed by atoms with Crippen LogP contribution in [0.3, 0.4) is 0 Å². The van der Waals surface area contributed by atoms with Crippen molar-refractivity contribution in [2.75, 3.05) is 14.2 Å². The van der Waals surface area contributed by atoms with Gasteiger partial charge in [0.25, 0.3) is 0 Å². The second kappa shape index (κ2) is 7.18. The van der Waals surface area contributed by atoms with E-state index < -0.39 is 53.3 Å². The van der Waals surface area contributed by atoms with Crippen LogP contribution in [0.15, 0.2) is 12.1 Å². The summed E-state index contributed by atoms with van der Waals surface area (Å²) in [5.74, 6) is -16.2. The first-order valence-electron chi connectivity index (χ1n) is 7.92. The van der Waals surface area contributed by atoms with E-state index in [9.17, 15) is 36.6 Å². The van der Waals surface area contributed by atoms with Crippen molar-refractivity contribution in [3.63, 3.8) is 0 Å². The van der Waals surface area contributed by atoms with E-state index in [2.05, 4.69) is 0 Å². The minimum absolute atomic E-state index is 0.0291. The Morgan fingerprint density at radius 3 is 1.90 bits per heavy atom. The van der Waals surface area contributed by atoms with Crippen molar-refractivity contribution in [1.82, 2.24) is 0 Å². The third-order valence-electron chi connectivity index (χ3n) is 4.43. The molecule has 0 amide bonds. The molecule has 0 radical (unpaired) electrons. The SMILES string of the molecule is COc1cc(C2=C(c3cc(CO)sc3OC)C(F)(F)C(F)(F)C2(F)F)c(CO)s1. The maximum atomic E-state index is 14.8. The number of aliphatic hydroxyl groups excluding tert-OH is 2. The van der Waals surface area contributed by atoms with Crippen LogP contribution in [0.1, 0.15) is 20.9 Å². The van der Waals surface area contributed by atoms with Crippen molar-refractivity contribution in [2.45, 2.75) is 31.0 Å². The molecule has 0 fully saturated rings. The molecule has 0 spiro atoms. The van der Waals surface area contributed by atoms with Gasteiger partial charge in [-0.25, -0.2) is 0 Å². The standard InChI is InChI=1S/C17H14F6O4S2/c1-26-11-4-8(10(6-25)29-11)12-13(9-3-7(5-24)28-14(9)27-2)16(20,21)17(22,23)15(12,18)19/h3-4,24-25H,5-6H2,1-2H3. The van der Waals surface area contributed by atoms with E-state index in [-0.39, 0.29) is 19.9 Å². The molecular formula is C17H14F6O4S2. The third kappa shape index (κ3) is 2.95. The van der Waals surface area contributed by atoms with Gasteiger partial charge in [0.2, 0.25) is 0 Å². The molecular weight excluding hydrogens is 446 g/mol. The van der Waals surface area contributed by atoms with Gasteiger partial charge in [0, 0.05) is 32.0 Å². The van der Waals surface area contributed by atoms with Crippen molar-refractivity contribution in [1.29, 1.82) is 0 Å². The first-order valence-corrected chi connectivity index (χ1v) is 9.55. The largest absolute Gasteiger partial charge is 0.487 e. The van der Waals surface area contributed by atoms with Crippen molar-refractivity contribution in [2.24, 2.45) is 0 Å². The molecule has 29 heavy (non-hydrogen) atoms. The predicted molar refractivity (Wildman–Crippen MR) is 95.2 cm³/mol. The molecule has 2 heterocycles. The smallest absolute Gasteiger partial charge is 0.380 e. The van der Waals surface area contributed by atoms with Crippen molar-refractivity contribution in [3.05, 3.63) is 33.0 Å². The molecule has 0 atom stereocenters. The fourth-order valence-corrected chi connectivity index (χ4v) is 4.77. The Morgan fingerprint density at radius 2 is 1.41 bits per heavy atom. The van der Waals surface area contributed by atoms with Crippen LogP contribution < -0.4 is 9.47 Å². The molecule has 2 aromatic rings. The maximum Gasteiger partial charge on any atom is 0.380 e. The number of alkyl halides is 6. The fraction of sp³-hybridized carbons (Fsp3) is 0.412. The summed E-state index contributed by atoms with van der Waals surface area (Å²) in [7, 11) is 2.24. The van der Waals surface area contributed by atoms with E-state index in [1.54, 1.807) is 0 Å². The van der Waals surface area contributed by atoms with Crippen molar-refractivity contribution < 1.29 is 46.0 Å². The van der Waals surface area contributed by atoms with Crippen molar-refractivity contribution >= 4 is 33.8 Å². The van der Waals surface area contributed by atoms with Gasteiger partial charge < -0.3 is 19.7 Å². The monoisotopic (exact) mass is 460 g/mol. The Labute approximate surface area is 168 Å². The molecule has 3 rings (SSSR count). The fourth-order valence-electron chi connectivity index (χ4n) is 3.09. The summed E-state index contributed by atoms with van der Waals surface area (Å²) in [4.78, 5) is -0.178. The number of allylic oxidation sites excluding steroid dienone is 2. The highest BCUT2D eigenvalue weighted by atomic mass is 32.1. The molecule has 4 nitrogen and oxygen atoms in total. The van der Waals surface area contributed by atoms with Gasteiger partial charge in [0.15, 0.2) is 10.1 Å². The van der Waals surface area contributed by atoms with Crippen LogP contribution in [0.25, 0.3) is 11.1 Å². The van der Waals surface area contributed by atoms with E-state index in [1.807, 2.05) is 0 Å². The number of thiophene rings is 2. The number of hydrogen-bond acceptors (Lipinski definition) is 6. The van der Waals surface area contributed by atoms with Crippen molar-refractivity contribution in [3.8, 4) is 10.1 Å². The Kier molecular flexibility index (Phi) is 5.43. The molecule has 1 aliphatic carbocycles. The van der Waals surface area contributed by atoms with E-state index in [1.165, 1.54) is 7.11 Å². The van der Waals surface area contributed by atoms with Crippen LogP contribution in [0.4, 0.5) is 26.3 Å². The zero-order valence-electron chi connectivity index (χ0n) is 14.9. The summed E-state index contributed by atoms with van der Waals surface area (Å²) in [6.45, 7) is -1.48. The van der Waals surface area contributed by atoms with E-state index in [0.717, 1.165) is 19.2 Å². The second-order valence-corrected chi connectivity index (χ2v) is 8.21.